The summed E-state index contributed by atoms with van der Waals surface area (Å²) in [6.07, 6.45) is 1.70. The lowest BCUT2D eigenvalue weighted by molar-refractivity contribution is 0.421. The van der Waals surface area contributed by atoms with E-state index in [0.717, 1.165) is 5.56 Å². The van der Waals surface area contributed by atoms with Crippen LogP contribution in [0.1, 0.15) is 32.0 Å². The molecule has 0 saturated heterocycles. The summed E-state index contributed by atoms with van der Waals surface area (Å²) in [4.78, 5) is 23.3. The van der Waals surface area contributed by atoms with Gasteiger partial charge in [-0.05, 0) is 39.3 Å². The minimum Gasteiger partial charge on any atom is -0.306 e. The Bertz CT molecular complexity index is 655. The number of aromatic nitrogens is 3. The molecule has 5 nitrogen and oxygen atoms in total. The molecule has 0 unspecified atom stereocenters. The fourth-order valence-corrected chi connectivity index (χ4v) is 1.80. The van der Waals surface area contributed by atoms with Gasteiger partial charge in [-0.1, -0.05) is 6.07 Å². The summed E-state index contributed by atoms with van der Waals surface area (Å²) in [5, 5.41) is 3.32. The molecule has 0 aliphatic rings. The largest absolute Gasteiger partial charge is 0.306 e. The molecule has 0 saturated carbocycles. The first-order valence-corrected chi connectivity index (χ1v) is 6.62. The first-order chi connectivity index (χ1) is 9.35. The third-order valence-corrected chi connectivity index (χ3v) is 2.83. The number of aryl methyl sites for hydroxylation is 1. The molecule has 0 spiro atoms. The average molecular weight is 272 g/mol. The number of pyridine rings is 1. The van der Waals surface area contributed by atoms with Crippen molar-refractivity contribution in [3.63, 3.8) is 0 Å². The maximum absolute atomic E-state index is 11.8. The molecule has 0 aromatic carbocycles. The highest BCUT2D eigenvalue weighted by atomic mass is 16.1. The smallest absolute Gasteiger partial charge is 0.251 e. The van der Waals surface area contributed by atoms with Crippen molar-refractivity contribution >= 4 is 0 Å². The Hall–Kier alpha value is -2.01. The van der Waals surface area contributed by atoms with E-state index in [4.69, 9.17) is 0 Å². The molecule has 2 heterocycles. The highest BCUT2D eigenvalue weighted by Crippen LogP contribution is 2.15. The number of nitrogens with one attached hydrogen (secondary N) is 2. The SMILES string of the molecule is Cc1cccnc1-c1nc(CNC(C)(C)C)cc(=O)[nH]1. The van der Waals surface area contributed by atoms with Crippen LogP contribution in [0.2, 0.25) is 0 Å². The summed E-state index contributed by atoms with van der Waals surface area (Å²) in [6.45, 7) is 8.71. The highest BCUT2D eigenvalue weighted by Gasteiger charge is 2.11. The van der Waals surface area contributed by atoms with Crippen LogP contribution in [0.5, 0.6) is 0 Å². The molecule has 106 valence electrons. The second kappa shape index (κ2) is 5.54. The van der Waals surface area contributed by atoms with Crippen LogP contribution in [-0.4, -0.2) is 20.5 Å². The summed E-state index contributed by atoms with van der Waals surface area (Å²) in [6, 6.07) is 5.32. The molecular weight excluding hydrogens is 252 g/mol. The van der Waals surface area contributed by atoms with Gasteiger partial charge in [0, 0.05) is 24.3 Å². The molecule has 5 heteroatoms. The first-order valence-electron chi connectivity index (χ1n) is 6.62. The van der Waals surface area contributed by atoms with Gasteiger partial charge in [0.2, 0.25) is 0 Å². The maximum atomic E-state index is 11.8. The molecule has 0 bridgehead atoms. The summed E-state index contributed by atoms with van der Waals surface area (Å²) >= 11 is 0. The Balaban J connectivity index is 2.35. The molecule has 0 fully saturated rings. The minimum atomic E-state index is -0.161. The molecule has 0 amide bonds. The summed E-state index contributed by atoms with van der Waals surface area (Å²) in [5.74, 6) is 0.515. The lowest BCUT2D eigenvalue weighted by atomic mass is 10.1. The normalized spacial score (nSPS) is 11.6. The second-order valence-electron chi connectivity index (χ2n) is 5.86. The predicted octanol–water partition coefficient (Wildman–Crippen LogP) is 2.03. The molecule has 2 aromatic heterocycles. The van der Waals surface area contributed by atoms with Gasteiger partial charge in [-0.15, -0.1) is 0 Å². The third kappa shape index (κ3) is 3.74. The van der Waals surface area contributed by atoms with Crippen LogP contribution >= 0.6 is 0 Å². The molecule has 2 N–H and O–H groups in total. The quantitative estimate of drug-likeness (QED) is 0.897. The van der Waals surface area contributed by atoms with Gasteiger partial charge in [0.15, 0.2) is 5.82 Å². The van der Waals surface area contributed by atoms with Gasteiger partial charge in [-0.3, -0.25) is 9.78 Å². The van der Waals surface area contributed by atoms with Crippen molar-refractivity contribution in [3.8, 4) is 11.5 Å². The molecule has 0 radical (unpaired) electrons. The van der Waals surface area contributed by atoms with Crippen molar-refractivity contribution in [1.82, 2.24) is 20.3 Å². The number of nitrogens with zero attached hydrogens (tertiary/aromatic N) is 2. The molecule has 0 aliphatic heterocycles. The zero-order chi connectivity index (χ0) is 14.8. The average Bonchev–Trinajstić information content (AvgIpc) is 2.35. The van der Waals surface area contributed by atoms with Crippen molar-refractivity contribution in [2.45, 2.75) is 39.8 Å². The number of hydrogen-bond donors (Lipinski definition) is 2. The molecule has 0 aliphatic carbocycles. The fourth-order valence-electron chi connectivity index (χ4n) is 1.80. The Morgan fingerprint density at radius 1 is 1.35 bits per heavy atom. The van der Waals surface area contributed by atoms with Crippen molar-refractivity contribution in [2.24, 2.45) is 0 Å². The highest BCUT2D eigenvalue weighted by molar-refractivity contribution is 5.53. The first kappa shape index (κ1) is 14.4. The molecule has 2 rings (SSSR count). The van der Waals surface area contributed by atoms with Crippen LogP contribution in [0.25, 0.3) is 11.5 Å². The van der Waals surface area contributed by atoms with E-state index in [9.17, 15) is 4.79 Å². The van der Waals surface area contributed by atoms with E-state index in [-0.39, 0.29) is 11.1 Å². The Morgan fingerprint density at radius 2 is 2.10 bits per heavy atom. The number of rotatable bonds is 3. The van der Waals surface area contributed by atoms with Gasteiger partial charge >= 0.3 is 0 Å². The molecule has 20 heavy (non-hydrogen) atoms. The van der Waals surface area contributed by atoms with Gasteiger partial charge in [0.25, 0.3) is 5.56 Å². The van der Waals surface area contributed by atoms with Crippen molar-refractivity contribution in [1.29, 1.82) is 0 Å². The van der Waals surface area contributed by atoms with Crippen LogP contribution in [-0.2, 0) is 6.54 Å². The zero-order valence-electron chi connectivity index (χ0n) is 12.3. The van der Waals surface area contributed by atoms with Gasteiger partial charge in [0.05, 0.1) is 5.69 Å². The topological polar surface area (TPSA) is 70.7 Å². The Labute approximate surface area is 118 Å². The van der Waals surface area contributed by atoms with E-state index in [2.05, 4.69) is 41.0 Å². The van der Waals surface area contributed by atoms with E-state index in [0.29, 0.717) is 23.8 Å². The van der Waals surface area contributed by atoms with Crippen LogP contribution in [0.3, 0.4) is 0 Å². The second-order valence-corrected chi connectivity index (χ2v) is 5.86. The van der Waals surface area contributed by atoms with Crippen LogP contribution in [0.4, 0.5) is 0 Å². The van der Waals surface area contributed by atoms with Gasteiger partial charge in [-0.2, -0.15) is 0 Å². The van der Waals surface area contributed by atoms with E-state index in [1.807, 2.05) is 19.1 Å². The van der Waals surface area contributed by atoms with Gasteiger partial charge in [0.1, 0.15) is 5.69 Å². The van der Waals surface area contributed by atoms with Gasteiger partial charge in [-0.25, -0.2) is 4.98 Å². The third-order valence-electron chi connectivity index (χ3n) is 2.83. The summed E-state index contributed by atoms with van der Waals surface area (Å²) in [5.41, 5.74) is 2.22. The van der Waals surface area contributed by atoms with E-state index in [1.165, 1.54) is 6.07 Å². The number of H-pyrrole nitrogens is 1. The van der Waals surface area contributed by atoms with E-state index >= 15 is 0 Å². The number of hydrogen-bond acceptors (Lipinski definition) is 4. The van der Waals surface area contributed by atoms with E-state index < -0.39 is 0 Å². The Morgan fingerprint density at radius 3 is 2.75 bits per heavy atom. The molecule has 2 aromatic rings. The molecule has 0 atom stereocenters. The van der Waals surface area contributed by atoms with E-state index in [1.54, 1.807) is 6.20 Å². The summed E-state index contributed by atoms with van der Waals surface area (Å²) in [7, 11) is 0. The predicted molar refractivity (Wildman–Crippen MR) is 79.4 cm³/mol. The summed E-state index contributed by atoms with van der Waals surface area (Å²) < 4.78 is 0. The lowest BCUT2D eigenvalue weighted by Gasteiger charge is -2.20. The standard InChI is InChI=1S/C15H20N4O/c1-10-6-5-7-16-13(10)14-18-11(8-12(20)19-14)9-17-15(2,3)4/h5-8,17H,9H2,1-4H3,(H,18,19,20). The zero-order valence-corrected chi connectivity index (χ0v) is 12.3. The van der Waals surface area contributed by atoms with Crippen LogP contribution in [0, 0.1) is 6.92 Å². The van der Waals surface area contributed by atoms with Crippen LogP contribution in [0.15, 0.2) is 29.2 Å². The Kier molecular flexibility index (Phi) is 3.99. The monoisotopic (exact) mass is 272 g/mol. The maximum Gasteiger partial charge on any atom is 0.251 e. The molecular formula is C15H20N4O. The fraction of sp³-hybridized carbons (Fsp3) is 0.400. The van der Waals surface area contributed by atoms with Crippen molar-refractivity contribution in [3.05, 3.63) is 46.0 Å². The van der Waals surface area contributed by atoms with Crippen LogP contribution < -0.4 is 10.9 Å². The number of aromatic amines is 1. The minimum absolute atomic E-state index is 0.0225. The lowest BCUT2D eigenvalue weighted by Crippen LogP contribution is -2.35. The van der Waals surface area contributed by atoms with Crippen molar-refractivity contribution < 1.29 is 0 Å². The van der Waals surface area contributed by atoms with Crippen molar-refractivity contribution in [2.75, 3.05) is 0 Å². The van der Waals surface area contributed by atoms with Gasteiger partial charge < -0.3 is 10.3 Å².